The lowest BCUT2D eigenvalue weighted by molar-refractivity contribution is 0.0786. The number of carbonyl (C=O) groups excluding carboxylic acids is 1. The van der Waals surface area contributed by atoms with Gasteiger partial charge in [0.2, 0.25) is 0 Å². The molecule has 0 bridgehead atoms. The van der Waals surface area contributed by atoms with E-state index in [2.05, 4.69) is 10.3 Å². The summed E-state index contributed by atoms with van der Waals surface area (Å²) in [4.78, 5) is 24.8. The molecule has 0 radical (unpaired) electrons. The average molecular weight is 514 g/mol. The van der Waals surface area contributed by atoms with Crippen molar-refractivity contribution in [3.05, 3.63) is 77.5 Å². The smallest absolute Gasteiger partial charge is 0.256 e. The number of aromatic nitrogens is 2. The van der Waals surface area contributed by atoms with Gasteiger partial charge in [-0.1, -0.05) is 0 Å². The number of carbonyl (C=O) groups is 1. The SMILES string of the molecule is COc1cc(F)cc(-c2cnc3ccc(-c4cc(F)cc(C#N)c4)nc3c2C(=O)N(C)C[C@@H]2CCCN2)c1. The first-order chi connectivity index (χ1) is 18.4. The molecular weight excluding hydrogens is 488 g/mol. The molecule has 1 fully saturated rings. The van der Waals surface area contributed by atoms with Crippen LogP contribution in [0.15, 0.2) is 54.7 Å². The summed E-state index contributed by atoms with van der Waals surface area (Å²) in [6, 6.07) is 13.6. The summed E-state index contributed by atoms with van der Waals surface area (Å²) in [7, 11) is 3.16. The number of halogens is 2. The molecule has 1 N–H and O–H groups in total. The number of pyridine rings is 2. The minimum Gasteiger partial charge on any atom is -0.497 e. The summed E-state index contributed by atoms with van der Waals surface area (Å²) in [5, 5.41) is 12.7. The lowest BCUT2D eigenvalue weighted by Crippen LogP contribution is -2.39. The van der Waals surface area contributed by atoms with Crippen molar-refractivity contribution in [1.29, 1.82) is 5.26 Å². The Morgan fingerprint density at radius 2 is 1.95 bits per heavy atom. The fraction of sp³-hybridized carbons (Fsp3) is 0.241. The van der Waals surface area contributed by atoms with Crippen LogP contribution in [0.5, 0.6) is 5.75 Å². The van der Waals surface area contributed by atoms with E-state index in [9.17, 15) is 18.8 Å². The largest absolute Gasteiger partial charge is 0.497 e. The molecule has 1 atom stereocenters. The maximum absolute atomic E-state index is 14.5. The van der Waals surface area contributed by atoms with Gasteiger partial charge in [0.05, 0.1) is 35.5 Å². The summed E-state index contributed by atoms with van der Waals surface area (Å²) >= 11 is 0. The number of hydrogen-bond donors (Lipinski definition) is 1. The van der Waals surface area contributed by atoms with Gasteiger partial charge in [-0.25, -0.2) is 13.8 Å². The number of nitriles is 1. The monoisotopic (exact) mass is 513 g/mol. The van der Waals surface area contributed by atoms with Gasteiger partial charge in [0.25, 0.3) is 5.91 Å². The van der Waals surface area contributed by atoms with E-state index in [4.69, 9.17) is 9.72 Å². The Kier molecular flexibility index (Phi) is 6.99. The van der Waals surface area contributed by atoms with E-state index in [-0.39, 0.29) is 23.1 Å². The molecule has 1 saturated heterocycles. The zero-order valence-electron chi connectivity index (χ0n) is 21.0. The maximum Gasteiger partial charge on any atom is 0.256 e. The molecule has 1 aliphatic rings. The minimum atomic E-state index is -0.570. The van der Waals surface area contributed by atoms with Gasteiger partial charge in [-0.2, -0.15) is 5.26 Å². The Bertz CT molecular complexity index is 1580. The first-order valence-corrected chi connectivity index (χ1v) is 12.2. The zero-order chi connectivity index (χ0) is 26.8. The molecule has 0 spiro atoms. The van der Waals surface area contributed by atoms with Gasteiger partial charge in [-0.05, 0) is 67.4 Å². The number of likely N-dealkylation sites (N-methyl/N-ethyl adjacent to an activating group) is 1. The number of ether oxygens (including phenoxy) is 1. The van der Waals surface area contributed by atoms with Crippen LogP contribution in [-0.2, 0) is 0 Å². The normalized spacial score (nSPS) is 14.9. The van der Waals surface area contributed by atoms with Crippen LogP contribution in [-0.4, -0.2) is 54.1 Å². The predicted molar refractivity (Wildman–Crippen MR) is 140 cm³/mol. The van der Waals surface area contributed by atoms with Gasteiger partial charge in [-0.15, -0.1) is 0 Å². The number of fused-ring (bicyclic) bond motifs is 1. The van der Waals surface area contributed by atoms with Crippen molar-refractivity contribution in [1.82, 2.24) is 20.2 Å². The summed E-state index contributed by atoms with van der Waals surface area (Å²) in [6.45, 7) is 1.39. The number of rotatable bonds is 6. The molecule has 9 heteroatoms. The van der Waals surface area contributed by atoms with Gasteiger partial charge in [-0.3, -0.25) is 9.78 Å². The van der Waals surface area contributed by atoms with Crippen molar-refractivity contribution >= 4 is 16.9 Å². The molecule has 7 nitrogen and oxygen atoms in total. The molecule has 0 aliphatic carbocycles. The van der Waals surface area contributed by atoms with Gasteiger partial charge in [0.1, 0.15) is 22.9 Å². The van der Waals surface area contributed by atoms with Crippen molar-refractivity contribution in [2.45, 2.75) is 18.9 Å². The fourth-order valence-corrected chi connectivity index (χ4v) is 4.82. The van der Waals surface area contributed by atoms with E-state index in [0.717, 1.165) is 25.5 Å². The topological polar surface area (TPSA) is 91.1 Å². The Labute approximate surface area is 218 Å². The minimum absolute atomic E-state index is 0.153. The molecule has 1 amide bonds. The predicted octanol–water partition coefficient (Wildman–Crippen LogP) is 4.95. The molecular formula is C29H25F2N5O2. The molecule has 1 aliphatic heterocycles. The molecule has 5 rings (SSSR count). The molecule has 3 heterocycles. The van der Waals surface area contributed by atoms with Crippen molar-refractivity contribution in [3.63, 3.8) is 0 Å². The van der Waals surface area contributed by atoms with Gasteiger partial charge in [0, 0.05) is 43.0 Å². The van der Waals surface area contributed by atoms with Crippen LogP contribution in [0.25, 0.3) is 33.4 Å². The quantitative estimate of drug-likeness (QED) is 0.393. The number of methoxy groups -OCH3 is 1. The van der Waals surface area contributed by atoms with E-state index in [0.29, 0.717) is 45.7 Å². The van der Waals surface area contributed by atoms with Crippen LogP contribution in [0.2, 0.25) is 0 Å². The Morgan fingerprint density at radius 3 is 2.68 bits per heavy atom. The Balaban J connectivity index is 1.71. The molecule has 2 aromatic carbocycles. The number of amides is 1. The first-order valence-electron chi connectivity index (χ1n) is 12.2. The van der Waals surface area contributed by atoms with Gasteiger partial charge >= 0.3 is 0 Å². The number of benzene rings is 2. The lowest BCUT2D eigenvalue weighted by Gasteiger charge is -2.23. The maximum atomic E-state index is 14.5. The summed E-state index contributed by atoms with van der Waals surface area (Å²) < 4.78 is 33.9. The van der Waals surface area contributed by atoms with E-state index < -0.39 is 11.6 Å². The van der Waals surface area contributed by atoms with Crippen LogP contribution in [0.4, 0.5) is 8.78 Å². The van der Waals surface area contributed by atoms with Crippen molar-refractivity contribution in [3.8, 4) is 34.2 Å². The van der Waals surface area contributed by atoms with Crippen LogP contribution in [0, 0.1) is 23.0 Å². The van der Waals surface area contributed by atoms with Crippen LogP contribution >= 0.6 is 0 Å². The molecule has 0 unspecified atom stereocenters. The van der Waals surface area contributed by atoms with E-state index in [1.54, 1.807) is 30.1 Å². The highest BCUT2D eigenvalue weighted by Gasteiger charge is 2.26. The molecule has 2 aromatic heterocycles. The highest BCUT2D eigenvalue weighted by molar-refractivity contribution is 6.10. The molecule has 192 valence electrons. The van der Waals surface area contributed by atoms with E-state index >= 15 is 0 Å². The van der Waals surface area contributed by atoms with Crippen molar-refractivity contribution in [2.24, 2.45) is 0 Å². The van der Waals surface area contributed by atoms with E-state index in [1.807, 2.05) is 6.07 Å². The summed E-state index contributed by atoms with van der Waals surface area (Å²) in [5.74, 6) is -1.09. The number of nitrogens with zero attached hydrogens (tertiary/aromatic N) is 4. The van der Waals surface area contributed by atoms with E-state index in [1.165, 1.54) is 37.6 Å². The Morgan fingerprint density at radius 1 is 1.16 bits per heavy atom. The highest BCUT2D eigenvalue weighted by Crippen LogP contribution is 2.33. The second-order valence-electron chi connectivity index (χ2n) is 9.31. The molecule has 0 saturated carbocycles. The average Bonchev–Trinajstić information content (AvgIpc) is 3.43. The summed E-state index contributed by atoms with van der Waals surface area (Å²) in [5.41, 5.74) is 2.73. The van der Waals surface area contributed by atoms with Crippen LogP contribution in [0.3, 0.4) is 0 Å². The first kappa shape index (κ1) is 25.2. The second kappa shape index (κ2) is 10.5. The van der Waals surface area contributed by atoms with Gasteiger partial charge in [0.15, 0.2) is 0 Å². The standard InChI is InChI=1S/C29H25F2N5O2/c1-36(16-22-4-3-7-33-22)29(37)27-24(18-10-21(31)13-23(12-18)38-2)15-34-26-6-5-25(35-28(26)27)19-8-17(14-32)9-20(30)11-19/h5-6,8-13,15,22,33H,3-4,7,16H2,1-2H3/t22-/m0/s1. The van der Waals surface area contributed by atoms with Crippen molar-refractivity contribution < 1.29 is 18.3 Å². The third kappa shape index (κ3) is 5.04. The number of hydrogen-bond acceptors (Lipinski definition) is 6. The van der Waals surface area contributed by atoms with Crippen LogP contribution in [0.1, 0.15) is 28.8 Å². The Hall–Kier alpha value is -4.42. The third-order valence-electron chi connectivity index (χ3n) is 6.67. The summed E-state index contributed by atoms with van der Waals surface area (Å²) in [6.07, 6.45) is 3.54. The lowest BCUT2D eigenvalue weighted by atomic mass is 9.98. The second-order valence-corrected chi connectivity index (χ2v) is 9.31. The molecule has 4 aromatic rings. The highest BCUT2D eigenvalue weighted by atomic mass is 19.1. The molecule has 38 heavy (non-hydrogen) atoms. The van der Waals surface area contributed by atoms with Crippen LogP contribution < -0.4 is 10.1 Å². The third-order valence-corrected chi connectivity index (χ3v) is 6.67. The zero-order valence-corrected chi connectivity index (χ0v) is 21.0. The fourth-order valence-electron chi connectivity index (χ4n) is 4.82. The van der Waals surface area contributed by atoms with Crippen molar-refractivity contribution in [2.75, 3.05) is 27.2 Å². The van der Waals surface area contributed by atoms with Gasteiger partial charge < -0.3 is 15.0 Å². The number of nitrogens with one attached hydrogen (secondary N) is 1.